The van der Waals surface area contributed by atoms with Gasteiger partial charge < -0.3 is 19.9 Å². The SMILES string of the molecule is COc1cc(/C=C(\C#N)C(N)=O)ccc1OC(=O)COc1ccc(C)cc1C. The van der Waals surface area contributed by atoms with Gasteiger partial charge in [0.1, 0.15) is 17.4 Å². The normalized spacial score (nSPS) is 10.7. The molecule has 2 rings (SSSR count). The minimum Gasteiger partial charge on any atom is -0.493 e. The molecule has 28 heavy (non-hydrogen) atoms. The summed E-state index contributed by atoms with van der Waals surface area (Å²) in [6.45, 7) is 3.60. The van der Waals surface area contributed by atoms with E-state index in [2.05, 4.69) is 0 Å². The van der Waals surface area contributed by atoms with Gasteiger partial charge in [0.15, 0.2) is 18.1 Å². The highest BCUT2D eigenvalue weighted by Crippen LogP contribution is 2.29. The first kappa shape index (κ1) is 20.5. The van der Waals surface area contributed by atoms with Gasteiger partial charge in [0.2, 0.25) is 0 Å². The molecule has 0 bridgehead atoms. The summed E-state index contributed by atoms with van der Waals surface area (Å²) >= 11 is 0. The number of primary amides is 1. The van der Waals surface area contributed by atoms with E-state index in [0.717, 1.165) is 11.1 Å². The van der Waals surface area contributed by atoms with Crippen molar-refractivity contribution in [2.24, 2.45) is 5.73 Å². The highest BCUT2D eigenvalue weighted by molar-refractivity contribution is 6.00. The van der Waals surface area contributed by atoms with Crippen LogP contribution < -0.4 is 19.9 Å². The van der Waals surface area contributed by atoms with Crippen LogP contribution in [0.2, 0.25) is 0 Å². The van der Waals surface area contributed by atoms with Gasteiger partial charge in [0.25, 0.3) is 5.91 Å². The number of carbonyl (C=O) groups is 2. The van der Waals surface area contributed by atoms with Crippen LogP contribution in [-0.4, -0.2) is 25.6 Å². The molecule has 7 heteroatoms. The van der Waals surface area contributed by atoms with Gasteiger partial charge in [-0.15, -0.1) is 0 Å². The first-order valence-corrected chi connectivity index (χ1v) is 8.34. The summed E-state index contributed by atoms with van der Waals surface area (Å²) in [6, 6.07) is 11.9. The first-order valence-electron chi connectivity index (χ1n) is 8.34. The number of nitrogens with zero attached hydrogens (tertiary/aromatic N) is 1. The summed E-state index contributed by atoms with van der Waals surface area (Å²) in [6.07, 6.45) is 1.32. The van der Waals surface area contributed by atoms with E-state index < -0.39 is 11.9 Å². The molecule has 0 aliphatic carbocycles. The number of methoxy groups -OCH3 is 1. The van der Waals surface area contributed by atoms with Crippen LogP contribution >= 0.6 is 0 Å². The Kier molecular flexibility index (Phi) is 6.77. The number of carbonyl (C=O) groups excluding carboxylic acids is 2. The smallest absolute Gasteiger partial charge is 0.349 e. The van der Waals surface area contributed by atoms with E-state index >= 15 is 0 Å². The molecule has 2 N–H and O–H groups in total. The first-order chi connectivity index (χ1) is 13.3. The van der Waals surface area contributed by atoms with Crippen molar-refractivity contribution >= 4 is 18.0 Å². The Morgan fingerprint density at radius 2 is 1.82 bits per heavy atom. The topological polar surface area (TPSA) is 112 Å². The van der Waals surface area contributed by atoms with E-state index in [4.69, 9.17) is 25.2 Å². The average molecular weight is 380 g/mol. The Bertz CT molecular complexity index is 973. The fraction of sp³-hybridized carbons (Fsp3) is 0.190. The van der Waals surface area contributed by atoms with Gasteiger partial charge in [-0.25, -0.2) is 4.79 Å². The highest BCUT2D eigenvalue weighted by Gasteiger charge is 2.13. The van der Waals surface area contributed by atoms with Crippen LogP contribution in [0, 0.1) is 25.2 Å². The molecule has 0 spiro atoms. The van der Waals surface area contributed by atoms with E-state index in [1.54, 1.807) is 18.2 Å². The van der Waals surface area contributed by atoms with Crippen molar-refractivity contribution in [3.05, 3.63) is 58.7 Å². The number of hydrogen-bond donors (Lipinski definition) is 1. The molecule has 0 aromatic heterocycles. The Morgan fingerprint density at radius 3 is 2.43 bits per heavy atom. The monoisotopic (exact) mass is 380 g/mol. The summed E-state index contributed by atoms with van der Waals surface area (Å²) in [4.78, 5) is 23.3. The van der Waals surface area contributed by atoms with E-state index in [0.29, 0.717) is 11.3 Å². The predicted molar refractivity (Wildman–Crippen MR) is 103 cm³/mol. The van der Waals surface area contributed by atoms with Crippen LogP contribution in [-0.2, 0) is 9.59 Å². The largest absolute Gasteiger partial charge is 0.493 e. The van der Waals surface area contributed by atoms with Crippen molar-refractivity contribution < 1.29 is 23.8 Å². The minimum absolute atomic E-state index is 0.187. The van der Waals surface area contributed by atoms with Gasteiger partial charge in [0.05, 0.1) is 7.11 Å². The van der Waals surface area contributed by atoms with Crippen molar-refractivity contribution in [1.29, 1.82) is 5.26 Å². The molecular formula is C21H20N2O5. The molecule has 2 aromatic rings. The van der Waals surface area contributed by atoms with Crippen LogP contribution in [0.4, 0.5) is 0 Å². The molecule has 0 unspecified atom stereocenters. The van der Waals surface area contributed by atoms with Crippen molar-refractivity contribution in [2.75, 3.05) is 13.7 Å². The zero-order valence-electron chi connectivity index (χ0n) is 15.8. The molecule has 0 saturated heterocycles. The lowest BCUT2D eigenvalue weighted by molar-refractivity contribution is -0.136. The third-order valence-corrected chi connectivity index (χ3v) is 3.78. The zero-order chi connectivity index (χ0) is 20.7. The van der Waals surface area contributed by atoms with Crippen LogP contribution in [0.1, 0.15) is 16.7 Å². The van der Waals surface area contributed by atoms with Gasteiger partial charge in [-0.2, -0.15) is 5.26 Å². The lowest BCUT2D eigenvalue weighted by Gasteiger charge is -2.12. The van der Waals surface area contributed by atoms with Crippen LogP contribution in [0.5, 0.6) is 17.2 Å². The second kappa shape index (κ2) is 9.24. The summed E-state index contributed by atoms with van der Waals surface area (Å²) in [5.74, 6) is -0.385. The number of ether oxygens (including phenoxy) is 3. The van der Waals surface area contributed by atoms with Crippen molar-refractivity contribution in [3.63, 3.8) is 0 Å². The summed E-state index contributed by atoms with van der Waals surface area (Å²) in [5, 5.41) is 8.91. The molecule has 0 aliphatic rings. The molecule has 1 amide bonds. The molecule has 0 radical (unpaired) electrons. The van der Waals surface area contributed by atoms with Crippen LogP contribution in [0.25, 0.3) is 6.08 Å². The third-order valence-electron chi connectivity index (χ3n) is 3.78. The molecule has 0 aliphatic heterocycles. The second-order valence-corrected chi connectivity index (χ2v) is 5.98. The molecule has 0 saturated carbocycles. The maximum Gasteiger partial charge on any atom is 0.349 e. The van der Waals surface area contributed by atoms with Crippen molar-refractivity contribution in [2.45, 2.75) is 13.8 Å². The highest BCUT2D eigenvalue weighted by atomic mass is 16.6. The average Bonchev–Trinajstić information content (AvgIpc) is 2.66. The molecule has 144 valence electrons. The van der Waals surface area contributed by atoms with Crippen molar-refractivity contribution in [3.8, 4) is 23.3 Å². The number of hydrogen-bond acceptors (Lipinski definition) is 6. The quantitative estimate of drug-likeness (QED) is 0.342. The number of benzene rings is 2. The summed E-state index contributed by atoms with van der Waals surface area (Å²) in [5.41, 5.74) is 7.44. The van der Waals surface area contributed by atoms with E-state index in [9.17, 15) is 9.59 Å². The van der Waals surface area contributed by atoms with Crippen LogP contribution in [0.3, 0.4) is 0 Å². The second-order valence-electron chi connectivity index (χ2n) is 5.98. The third kappa shape index (κ3) is 5.35. The predicted octanol–water partition coefficient (Wildman–Crippen LogP) is 2.69. The molecule has 2 aromatic carbocycles. The number of amides is 1. The maximum absolute atomic E-state index is 12.1. The summed E-state index contributed by atoms with van der Waals surface area (Å²) < 4.78 is 16.0. The Morgan fingerprint density at radius 1 is 1.11 bits per heavy atom. The molecule has 0 fully saturated rings. The minimum atomic E-state index is -0.833. The molecular weight excluding hydrogens is 360 g/mol. The van der Waals surface area contributed by atoms with E-state index in [-0.39, 0.29) is 23.7 Å². The lowest BCUT2D eigenvalue weighted by Crippen LogP contribution is -2.18. The Hall–Kier alpha value is -3.79. The van der Waals surface area contributed by atoms with E-state index in [1.165, 1.54) is 25.3 Å². The maximum atomic E-state index is 12.1. The molecule has 0 heterocycles. The van der Waals surface area contributed by atoms with Gasteiger partial charge in [0, 0.05) is 0 Å². The number of aryl methyl sites for hydroxylation is 2. The summed E-state index contributed by atoms with van der Waals surface area (Å²) in [7, 11) is 1.41. The Balaban J connectivity index is 2.09. The zero-order valence-corrected chi connectivity index (χ0v) is 15.8. The number of nitriles is 1. The van der Waals surface area contributed by atoms with Crippen LogP contribution in [0.15, 0.2) is 42.0 Å². The Labute approximate surface area is 162 Å². The standard InChI is InChI=1S/C21H20N2O5/c1-13-4-6-17(14(2)8-13)27-12-20(24)28-18-7-5-15(10-19(18)26-3)9-16(11-22)21(23)25/h4-10H,12H2,1-3H3,(H2,23,25)/b16-9+. The van der Waals surface area contributed by atoms with E-state index in [1.807, 2.05) is 26.0 Å². The van der Waals surface area contributed by atoms with Gasteiger partial charge in [-0.3, -0.25) is 4.79 Å². The van der Waals surface area contributed by atoms with Gasteiger partial charge in [-0.05, 0) is 49.2 Å². The molecule has 0 atom stereocenters. The van der Waals surface area contributed by atoms with Crippen molar-refractivity contribution in [1.82, 2.24) is 0 Å². The number of nitrogens with two attached hydrogens (primary N) is 1. The number of rotatable bonds is 7. The molecule has 7 nitrogen and oxygen atoms in total. The van der Waals surface area contributed by atoms with Gasteiger partial charge >= 0.3 is 5.97 Å². The fourth-order valence-corrected chi connectivity index (χ4v) is 2.43. The van der Waals surface area contributed by atoms with Gasteiger partial charge in [-0.1, -0.05) is 23.8 Å². The number of esters is 1. The fourth-order valence-electron chi connectivity index (χ4n) is 2.43. The lowest BCUT2D eigenvalue weighted by atomic mass is 10.1.